The number of hydrogen-bond donors (Lipinski definition) is 3. The van der Waals surface area contributed by atoms with Gasteiger partial charge >= 0.3 is 0 Å². The van der Waals surface area contributed by atoms with E-state index in [0.717, 1.165) is 40.9 Å². The predicted molar refractivity (Wildman–Crippen MR) is 171 cm³/mol. The highest BCUT2D eigenvalue weighted by Gasteiger charge is 2.49. The van der Waals surface area contributed by atoms with Crippen LogP contribution in [0.4, 0.5) is 0 Å². The minimum atomic E-state index is -1.22. The second-order valence-corrected chi connectivity index (χ2v) is 12.3. The minimum absolute atomic E-state index is 0.0858. The summed E-state index contributed by atoms with van der Waals surface area (Å²) in [4.78, 5) is 56.0. The zero-order valence-corrected chi connectivity index (χ0v) is 25.9. The van der Waals surface area contributed by atoms with Gasteiger partial charge in [-0.1, -0.05) is 106 Å². The molecule has 0 spiro atoms. The van der Waals surface area contributed by atoms with E-state index in [-0.39, 0.29) is 31.0 Å². The van der Waals surface area contributed by atoms with Gasteiger partial charge in [-0.3, -0.25) is 24.1 Å². The summed E-state index contributed by atoms with van der Waals surface area (Å²) in [5.41, 5.74) is 7.79. The molecule has 2 aliphatic rings. The Kier molecular flexibility index (Phi) is 11.1. The standard InChI is InChI=1S/C36H45N3O5/c1-4-5-12-24(2)31(40)22-32(41)39-30(23-36(33(42)25(3)37)19-10-7-11-20-36)34(43)38-29(35(39)44)21-26-15-17-28(18-16-26)27-13-8-6-9-14-27/h6-11,13-19,24-25,29-31,40H,4-5,12,20-23,37H2,1-3H3,(H,38,43)/t24-,25-,29+,30+,31-,36?/m0/s1. The Bertz CT molecular complexity index is 1380. The molecule has 1 aliphatic carbocycles. The summed E-state index contributed by atoms with van der Waals surface area (Å²) in [6.45, 7) is 5.54. The SMILES string of the molecule is CCCC[C@H](C)[C@@H](O)CC(=O)N1C(=O)[C@@H](Cc2ccc(-c3ccccc3)cc2)NC(=O)[C@H]1CC1(C(=O)[C@H](C)N)C=CC=CC1. The van der Waals surface area contributed by atoms with Crippen LogP contribution in [0.1, 0.15) is 64.9 Å². The molecule has 2 aromatic rings. The lowest BCUT2D eigenvalue weighted by Gasteiger charge is -2.42. The highest BCUT2D eigenvalue weighted by molar-refractivity contribution is 6.07. The third-order valence-corrected chi connectivity index (χ3v) is 8.90. The number of carbonyl (C=O) groups excluding carboxylic acids is 4. The monoisotopic (exact) mass is 599 g/mol. The third kappa shape index (κ3) is 7.60. The number of aliphatic hydroxyl groups excluding tert-OH is 1. The molecule has 1 saturated heterocycles. The number of Topliss-reactive ketones (excluding diaryl/α,β-unsaturated/α-hetero) is 1. The van der Waals surface area contributed by atoms with Crippen molar-refractivity contribution in [3.8, 4) is 11.1 Å². The highest BCUT2D eigenvalue weighted by Crippen LogP contribution is 2.38. The van der Waals surface area contributed by atoms with E-state index in [2.05, 4.69) is 12.2 Å². The molecule has 1 aliphatic heterocycles. The van der Waals surface area contributed by atoms with Gasteiger partial charge in [0.2, 0.25) is 11.8 Å². The van der Waals surface area contributed by atoms with Gasteiger partial charge in [0.25, 0.3) is 5.91 Å². The summed E-state index contributed by atoms with van der Waals surface area (Å²) in [7, 11) is 0. The van der Waals surface area contributed by atoms with Gasteiger partial charge < -0.3 is 16.2 Å². The number of rotatable bonds is 13. The maximum absolute atomic E-state index is 14.1. The van der Waals surface area contributed by atoms with Gasteiger partial charge in [-0.05, 0) is 48.8 Å². The Balaban J connectivity index is 1.61. The largest absolute Gasteiger partial charge is 0.392 e. The quantitative estimate of drug-likeness (QED) is 0.311. The smallest absolute Gasteiger partial charge is 0.252 e. The normalized spacial score (nSPS) is 23.6. The van der Waals surface area contributed by atoms with Gasteiger partial charge in [0.15, 0.2) is 5.78 Å². The van der Waals surface area contributed by atoms with Gasteiger partial charge in [0.1, 0.15) is 12.1 Å². The van der Waals surface area contributed by atoms with Gasteiger partial charge in [0, 0.05) is 6.42 Å². The van der Waals surface area contributed by atoms with Crippen LogP contribution in [0.2, 0.25) is 0 Å². The van der Waals surface area contributed by atoms with Gasteiger partial charge in [-0.15, -0.1) is 0 Å². The van der Waals surface area contributed by atoms with Crippen LogP contribution in [0.5, 0.6) is 0 Å². The molecule has 4 N–H and O–H groups in total. The molecular weight excluding hydrogens is 554 g/mol. The average molecular weight is 600 g/mol. The highest BCUT2D eigenvalue weighted by atomic mass is 16.3. The fourth-order valence-corrected chi connectivity index (χ4v) is 6.18. The fourth-order valence-electron chi connectivity index (χ4n) is 6.18. The van der Waals surface area contributed by atoms with Crippen LogP contribution < -0.4 is 11.1 Å². The van der Waals surface area contributed by atoms with Crippen molar-refractivity contribution in [1.82, 2.24) is 10.2 Å². The lowest BCUT2D eigenvalue weighted by molar-refractivity contribution is -0.161. The van der Waals surface area contributed by atoms with Crippen LogP contribution in [-0.4, -0.2) is 57.7 Å². The van der Waals surface area contributed by atoms with E-state index in [1.165, 1.54) is 0 Å². The van der Waals surface area contributed by atoms with Crippen LogP contribution in [0.15, 0.2) is 78.9 Å². The summed E-state index contributed by atoms with van der Waals surface area (Å²) >= 11 is 0. The molecule has 6 atom stereocenters. The molecule has 8 heteroatoms. The number of carbonyl (C=O) groups is 4. The second-order valence-electron chi connectivity index (χ2n) is 12.3. The van der Waals surface area contributed by atoms with Gasteiger partial charge in [-0.25, -0.2) is 0 Å². The van der Waals surface area contributed by atoms with Crippen molar-refractivity contribution in [2.24, 2.45) is 17.1 Å². The first kappa shape index (κ1) is 33.0. The number of amides is 3. The number of imide groups is 1. The molecule has 234 valence electrons. The molecule has 1 unspecified atom stereocenters. The van der Waals surface area contributed by atoms with Crippen molar-refractivity contribution in [3.05, 3.63) is 84.5 Å². The van der Waals surface area contributed by atoms with Crippen LogP contribution >= 0.6 is 0 Å². The Morgan fingerprint density at radius 1 is 1.05 bits per heavy atom. The molecular formula is C36H45N3O5. The molecule has 2 aromatic carbocycles. The van der Waals surface area contributed by atoms with Crippen LogP contribution in [0.25, 0.3) is 11.1 Å². The van der Waals surface area contributed by atoms with E-state index >= 15 is 0 Å². The molecule has 4 rings (SSSR count). The van der Waals surface area contributed by atoms with Crippen molar-refractivity contribution in [2.45, 2.75) is 89.9 Å². The molecule has 3 amide bonds. The zero-order chi connectivity index (χ0) is 31.9. The number of allylic oxidation sites excluding steroid dienone is 4. The van der Waals surface area contributed by atoms with E-state index < -0.39 is 47.4 Å². The van der Waals surface area contributed by atoms with E-state index in [0.29, 0.717) is 6.42 Å². The van der Waals surface area contributed by atoms with Gasteiger partial charge in [0.05, 0.1) is 24.0 Å². The molecule has 1 fully saturated rings. The summed E-state index contributed by atoms with van der Waals surface area (Å²) in [5, 5.41) is 13.7. The maximum Gasteiger partial charge on any atom is 0.252 e. The van der Waals surface area contributed by atoms with Gasteiger partial charge in [-0.2, -0.15) is 0 Å². The lowest BCUT2D eigenvalue weighted by atomic mass is 9.70. The molecule has 0 aromatic heterocycles. The Morgan fingerprint density at radius 3 is 2.34 bits per heavy atom. The number of nitrogens with two attached hydrogens (primary N) is 1. The zero-order valence-electron chi connectivity index (χ0n) is 25.9. The van der Waals surface area contributed by atoms with Crippen LogP contribution in [0.3, 0.4) is 0 Å². The number of aliphatic hydroxyl groups is 1. The number of benzene rings is 2. The van der Waals surface area contributed by atoms with Crippen molar-refractivity contribution >= 4 is 23.5 Å². The Morgan fingerprint density at radius 2 is 1.73 bits per heavy atom. The number of ketones is 1. The molecule has 0 radical (unpaired) electrons. The maximum atomic E-state index is 14.1. The summed E-state index contributed by atoms with van der Waals surface area (Å²) in [5.74, 6) is -2.08. The molecule has 1 heterocycles. The number of unbranched alkanes of at least 4 members (excludes halogenated alkanes) is 1. The number of nitrogens with one attached hydrogen (secondary N) is 1. The Hall–Kier alpha value is -3.88. The lowest BCUT2D eigenvalue weighted by Crippen LogP contribution is -2.66. The second kappa shape index (κ2) is 14.7. The summed E-state index contributed by atoms with van der Waals surface area (Å²) in [6.07, 6.45) is 8.88. The van der Waals surface area contributed by atoms with E-state index in [9.17, 15) is 24.3 Å². The van der Waals surface area contributed by atoms with Crippen molar-refractivity contribution in [1.29, 1.82) is 0 Å². The molecule has 0 bridgehead atoms. The first-order chi connectivity index (χ1) is 21.1. The predicted octanol–water partition coefficient (Wildman–Crippen LogP) is 4.50. The topological polar surface area (TPSA) is 130 Å². The van der Waals surface area contributed by atoms with E-state index in [1.807, 2.05) is 73.7 Å². The van der Waals surface area contributed by atoms with Crippen molar-refractivity contribution < 1.29 is 24.3 Å². The van der Waals surface area contributed by atoms with E-state index in [4.69, 9.17) is 5.73 Å². The Labute approximate surface area is 260 Å². The van der Waals surface area contributed by atoms with Crippen LogP contribution in [0, 0.1) is 11.3 Å². The molecule has 44 heavy (non-hydrogen) atoms. The number of piperazine rings is 1. The summed E-state index contributed by atoms with van der Waals surface area (Å²) < 4.78 is 0. The average Bonchev–Trinajstić information content (AvgIpc) is 3.03. The first-order valence-corrected chi connectivity index (χ1v) is 15.7. The first-order valence-electron chi connectivity index (χ1n) is 15.7. The third-order valence-electron chi connectivity index (χ3n) is 8.90. The molecule has 0 saturated carbocycles. The van der Waals surface area contributed by atoms with Crippen molar-refractivity contribution in [3.63, 3.8) is 0 Å². The fraction of sp³-hybridized carbons (Fsp3) is 0.444. The number of nitrogens with zero attached hydrogens (tertiary/aromatic N) is 1. The summed E-state index contributed by atoms with van der Waals surface area (Å²) in [6, 6.07) is 14.7. The van der Waals surface area contributed by atoms with Crippen LogP contribution in [-0.2, 0) is 25.6 Å². The van der Waals surface area contributed by atoms with Crippen molar-refractivity contribution in [2.75, 3.05) is 0 Å². The van der Waals surface area contributed by atoms with E-state index in [1.54, 1.807) is 19.1 Å². The number of hydrogen-bond acceptors (Lipinski definition) is 6. The minimum Gasteiger partial charge on any atom is -0.392 e. The molecule has 8 nitrogen and oxygen atoms in total.